The maximum atomic E-state index is 12.2. The molecule has 0 saturated heterocycles. The SMILES string of the molecule is C/C=C(/C(N)=O)C(=O)c1ccc(C)c(OC)c1C.CC1CC1. The molecule has 1 saturated carbocycles. The van der Waals surface area contributed by atoms with Crippen molar-refractivity contribution in [2.75, 3.05) is 7.11 Å². The minimum Gasteiger partial charge on any atom is -0.496 e. The highest BCUT2D eigenvalue weighted by Gasteiger charge is 2.20. The Balaban J connectivity index is 0.000000519. The van der Waals surface area contributed by atoms with Crippen molar-refractivity contribution in [1.29, 1.82) is 0 Å². The van der Waals surface area contributed by atoms with Crippen LogP contribution in [0.4, 0.5) is 0 Å². The molecule has 0 aliphatic heterocycles. The molecule has 0 bridgehead atoms. The zero-order chi connectivity index (χ0) is 16.9. The zero-order valence-corrected chi connectivity index (χ0v) is 14.0. The molecule has 0 unspecified atom stereocenters. The molecule has 4 nitrogen and oxygen atoms in total. The molecule has 1 fully saturated rings. The van der Waals surface area contributed by atoms with Gasteiger partial charge in [-0.2, -0.15) is 0 Å². The first-order valence-electron chi connectivity index (χ1n) is 7.48. The molecule has 0 spiro atoms. The maximum Gasteiger partial charge on any atom is 0.252 e. The van der Waals surface area contributed by atoms with Crippen LogP contribution in [0.2, 0.25) is 0 Å². The van der Waals surface area contributed by atoms with E-state index in [1.807, 2.05) is 6.92 Å². The second-order valence-electron chi connectivity index (χ2n) is 5.67. The van der Waals surface area contributed by atoms with Gasteiger partial charge in [0, 0.05) is 11.1 Å². The van der Waals surface area contributed by atoms with Crippen molar-refractivity contribution in [2.24, 2.45) is 11.7 Å². The predicted molar refractivity (Wildman–Crippen MR) is 88.1 cm³/mol. The number of hydrogen-bond donors (Lipinski definition) is 1. The summed E-state index contributed by atoms with van der Waals surface area (Å²) in [7, 11) is 1.55. The van der Waals surface area contributed by atoms with Crippen molar-refractivity contribution in [1.82, 2.24) is 0 Å². The highest BCUT2D eigenvalue weighted by Crippen LogP contribution is 2.27. The molecule has 1 aromatic carbocycles. The average molecular weight is 303 g/mol. The third-order valence-electron chi connectivity index (χ3n) is 3.72. The standard InChI is InChI=1S/C14H17NO3.C4H8/c1-5-10(14(15)17)12(16)11-7-6-8(2)13(18-4)9(11)3;1-4-2-3-4/h5-7H,1-4H3,(H2,15,17);4H,2-3H2,1H3/b10-5+;. The number of rotatable bonds is 4. The number of benzene rings is 1. The van der Waals surface area contributed by atoms with Gasteiger partial charge in [0.25, 0.3) is 5.91 Å². The van der Waals surface area contributed by atoms with Crippen LogP contribution in [0.5, 0.6) is 5.75 Å². The molecule has 120 valence electrons. The van der Waals surface area contributed by atoms with E-state index in [1.165, 1.54) is 18.9 Å². The number of ketones is 1. The summed E-state index contributed by atoms with van der Waals surface area (Å²) in [5, 5.41) is 0. The fourth-order valence-electron chi connectivity index (χ4n) is 2.08. The summed E-state index contributed by atoms with van der Waals surface area (Å²) >= 11 is 0. The molecule has 1 amide bonds. The minimum atomic E-state index is -0.721. The highest BCUT2D eigenvalue weighted by molar-refractivity contribution is 6.25. The lowest BCUT2D eigenvalue weighted by atomic mass is 9.96. The number of methoxy groups -OCH3 is 1. The lowest BCUT2D eigenvalue weighted by Crippen LogP contribution is -2.21. The van der Waals surface area contributed by atoms with Crippen molar-refractivity contribution in [3.05, 3.63) is 40.5 Å². The molecule has 0 atom stereocenters. The van der Waals surface area contributed by atoms with Gasteiger partial charge in [-0.25, -0.2) is 0 Å². The Morgan fingerprint density at radius 3 is 2.18 bits per heavy atom. The van der Waals surface area contributed by atoms with E-state index in [0.29, 0.717) is 16.9 Å². The second-order valence-corrected chi connectivity index (χ2v) is 5.67. The maximum absolute atomic E-state index is 12.2. The van der Waals surface area contributed by atoms with Crippen LogP contribution in [0, 0.1) is 19.8 Å². The van der Waals surface area contributed by atoms with E-state index in [2.05, 4.69) is 6.92 Å². The van der Waals surface area contributed by atoms with E-state index in [4.69, 9.17) is 10.5 Å². The number of amides is 1. The quantitative estimate of drug-likeness (QED) is 0.401. The van der Waals surface area contributed by atoms with E-state index >= 15 is 0 Å². The van der Waals surface area contributed by atoms with Crippen molar-refractivity contribution in [3.63, 3.8) is 0 Å². The van der Waals surface area contributed by atoms with Gasteiger partial charge in [0.1, 0.15) is 5.75 Å². The van der Waals surface area contributed by atoms with E-state index in [9.17, 15) is 9.59 Å². The number of allylic oxidation sites excluding steroid dienone is 1. The van der Waals surface area contributed by atoms with Crippen LogP contribution in [0.15, 0.2) is 23.8 Å². The third kappa shape index (κ3) is 4.45. The molecular formula is C18H25NO3. The summed E-state index contributed by atoms with van der Waals surface area (Å²) in [5.41, 5.74) is 7.25. The van der Waals surface area contributed by atoms with Gasteiger partial charge in [0.15, 0.2) is 5.78 Å². The normalized spacial score (nSPS) is 14.0. The summed E-state index contributed by atoms with van der Waals surface area (Å²) in [4.78, 5) is 23.4. The molecular weight excluding hydrogens is 278 g/mol. The second kappa shape index (κ2) is 7.78. The Morgan fingerprint density at radius 2 is 1.82 bits per heavy atom. The summed E-state index contributed by atoms with van der Waals surface area (Å²) < 4.78 is 5.25. The van der Waals surface area contributed by atoms with Gasteiger partial charge in [0.05, 0.1) is 12.7 Å². The largest absolute Gasteiger partial charge is 0.496 e. The summed E-state index contributed by atoms with van der Waals surface area (Å²) in [6.07, 6.45) is 4.40. The Bertz CT molecular complexity index is 599. The van der Waals surface area contributed by atoms with E-state index in [1.54, 1.807) is 33.1 Å². The van der Waals surface area contributed by atoms with Crippen molar-refractivity contribution in [2.45, 2.75) is 40.5 Å². The number of carbonyl (C=O) groups is 2. The Kier molecular flexibility index (Phi) is 6.35. The van der Waals surface area contributed by atoms with Gasteiger partial charge in [-0.1, -0.05) is 38.0 Å². The molecule has 22 heavy (non-hydrogen) atoms. The zero-order valence-electron chi connectivity index (χ0n) is 14.0. The lowest BCUT2D eigenvalue weighted by Gasteiger charge is -2.12. The predicted octanol–water partition coefficient (Wildman–Crippen LogP) is 3.34. The average Bonchev–Trinajstić information content (AvgIpc) is 3.22. The van der Waals surface area contributed by atoms with Crippen molar-refractivity contribution >= 4 is 11.7 Å². The monoisotopic (exact) mass is 303 g/mol. The first-order valence-corrected chi connectivity index (χ1v) is 7.48. The van der Waals surface area contributed by atoms with Crippen LogP contribution in [0.1, 0.15) is 48.2 Å². The minimum absolute atomic E-state index is 0.0102. The molecule has 4 heteroatoms. The first kappa shape index (κ1) is 18.0. The number of hydrogen-bond acceptors (Lipinski definition) is 3. The van der Waals surface area contributed by atoms with Crippen molar-refractivity contribution in [3.8, 4) is 5.75 Å². The molecule has 1 aliphatic carbocycles. The molecule has 0 aromatic heterocycles. The number of Topliss-reactive ketones (excluding diaryl/α,β-unsaturated/α-hetero) is 1. The number of ether oxygens (including phenoxy) is 1. The molecule has 2 rings (SSSR count). The van der Waals surface area contributed by atoms with Crippen LogP contribution in [0.25, 0.3) is 0 Å². The fraction of sp³-hybridized carbons (Fsp3) is 0.444. The fourth-order valence-corrected chi connectivity index (χ4v) is 2.08. The topological polar surface area (TPSA) is 69.4 Å². The summed E-state index contributed by atoms with van der Waals surface area (Å²) in [6.45, 7) is 7.57. The van der Waals surface area contributed by atoms with Gasteiger partial charge in [-0.15, -0.1) is 0 Å². The van der Waals surface area contributed by atoms with Crippen LogP contribution < -0.4 is 10.5 Å². The lowest BCUT2D eigenvalue weighted by molar-refractivity contribution is -0.114. The van der Waals surface area contributed by atoms with Crippen molar-refractivity contribution < 1.29 is 14.3 Å². The first-order chi connectivity index (χ1) is 10.3. The number of carbonyl (C=O) groups excluding carboxylic acids is 2. The third-order valence-corrected chi connectivity index (χ3v) is 3.72. The summed E-state index contributed by atoms with van der Waals surface area (Å²) in [5.74, 6) is 0.642. The van der Waals surface area contributed by atoms with Gasteiger partial charge in [-0.3, -0.25) is 9.59 Å². The smallest absolute Gasteiger partial charge is 0.252 e. The molecule has 2 N–H and O–H groups in total. The molecule has 0 heterocycles. The highest BCUT2D eigenvalue weighted by atomic mass is 16.5. The van der Waals surface area contributed by atoms with Gasteiger partial charge in [0.2, 0.25) is 0 Å². The van der Waals surface area contributed by atoms with Gasteiger partial charge in [-0.05, 0) is 32.3 Å². The molecule has 1 aliphatic rings. The molecule has 1 aromatic rings. The van der Waals surface area contributed by atoms with E-state index in [-0.39, 0.29) is 11.4 Å². The number of aryl methyl sites for hydroxylation is 1. The number of nitrogens with two attached hydrogens (primary N) is 1. The Hall–Kier alpha value is -2.10. The van der Waals surface area contributed by atoms with E-state index < -0.39 is 5.91 Å². The Morgan fingerprint density at radius 1 is 1.27 bits per heavy atom. The Labute approximate surface area is 132 Å². The van der Waals surface area contributed by atoms with Crippen LogP contribution in [-0.2, 0) is 4.79 Å². The van der Waals surface area contributed by atoms with Crippen LogP contribution in [-0.4, -0.2) is 18.8 Å². The van der Waals surface area contributed by atoms with E-state index in [0.717, 1.165) is 11.5 Å². The van der Waals surface area contributed by atoms with Gasteiger partial charge < -0.3 is 10.5 Å². The number of primary amides is 1. The summed E-state index contributed by atoms with van der Waals surface area (Å²) in [6, 6.07) is 3.47. The van der Waals surface area contributed by atoms with Gasteiger partial charge >= 0.3 is 0 Å². The van der Waals surface area contributed by atoms with Crippen LogP contribution in [0.3, 0.4) is 0 Å². The molecule has 0 radical (unpaired) electrons. The van der Waals surface area contributed by atoms with Crippen LogP contribution >= 0.6 is 0 Å².